The van der Waals surface area contributed by atoms with Gasteiger partial charge in [-0.2, -0.15) is 0 Å². The number of carbonyl (C=O) groups is 1. The van der Waals surface area contributed by atoms with Gasteiger partial charge in [0, 0.05) is 31.6 Å². The summed E-state index contributed by atoms with van der Waals surface area (Å²) in [5.74, 6) is 0.772. The molecule has 0 atom stereocenters. The number of para-hydroxylation sites is 2. The van der Waals surface area contributed by atoms with Crippen LogP contribution >= 0.6 is 0 Å². The lowest BCUT2D eigenvalue weighted by Crippen LogP contribution is -2.36. The lowest BCUT2D eigenvalue weighted by molar-refractivity contribution is -0.132. The van der Waals surface area contributed by atoms with Crippen molar-refractivity contribution in [3.63, 3.8) is 0 Å². The van der Waals surface area contributed by atoms with Crippen molar-refractivity contribution < 1.29 is 9.53 Å². The summed E-state index contributed by atoms with van der Waals surface area (Å²) in [7, 11) is 1.61. The van der Waals surface area contributed by atoms with Gasteiger partial charge in [0.25, 0.3) is 5.56 Å². The Bertz CT molecular complexity index is 1380. The van der Waals surface area contributed by atoms with E-state index in [0.29, 0.717) is 25.2 Å². The maximum Gasteiger partial charge on any atom is 0.277 e. The molecule has 0 unspecified atom stereocenters. The third kappa shape index (κ3) is 4.12. The summed E-state index contributed by atoms with van der Waals surface area (Å²) in [5.41, 5.74) is 4.89. The van der Waals surface area contributed by atoms with Gasteiger partial charge in [-0.15, -0.1) is 0 Å². The molecule has 0 fully saturated rings. The third-order valence-electron chi connectivity index (χ3n) is 6.22. The van der Waals surface area contributed by atoms with E-state index in [-0.39, 0.29) is 17.9 Å². The number of amides is 1. The fraction of sp³-hybridized carbons (Fsp3) is 0.222. The normalized spacial score (nSPS) is 13.1. The number of ether oxygens (including phenoxy) is 1. The Labute approximate surface area is 192 Å². The summed E-state index contributed by atoms with van der Waals surface area (Å²) in [6.07, 6.45) is 1.42. The van der Waals surface area contributed by atoms with E-state index in [4.69, 9.17) is 4.74 Å². The van der Waals surface area contributed by atoms with Crippen LogP contribution in [0.5, 0.6) is 5.75 Å². The van der Waals surface area contributed by atoms with Crippen LogP contribution in [0.25, 0.3) is 16.7 Å². The summed E-state index contributed by atoms with van der Waals surface area (Å²) in [5, 5.41) is 0. The fourth-order valence-corrected chi connectivity index (χ4v) is 4.42. The molecule has 0 saturated carbocycles. The monoisotopic (exact) mass is 439 g/mol. The van der Waals surface area contributed by atoms with Gasteiger partial charge < -0.3 is 9.64 Å². The van der Waals surface area contributed by atoms with Crippen molar-refractivity contribution in [3.8, 4) is 11.4 Å². The molecule has 0 bridgehead atoms. The molecule has 4 aromatic rings. The Morgan fingerprint density at radius 3 is 2.48 bits per heavy atom. The number of nitrogens with zero attached hydrogens (tertiary/aromatic N) is 3. The van der Waals surface area contributed by atoms with Gasteiger partial charge in [0.15, 0.2) is 0 Å². The van der Waals surface area contributed by atoms with Crippen molar-refractivity contribution in [2.45, 2.75) is 25.8 Å². The zero-order valence-corrected chi connectivity index (χ0v) is 18.5. The molecular formula is C27H25N3O3. The van der Waals surface area contributed by atoms with Gasteiger partial charge in [0.05, 0.1) is 18.1 Å². The van der Waals surface area contributed by atoms with Crippen molar-refractivity contribution in [1.29, 1.82) is 0 Å². The van der Waals surface area contributed by atoms with E-state index in [1.165, 1.54) is 11.1 Å². The first-order valence-corrected chi connectivity index (χ1v) is 11.1. The molecule has 3 aromatic carbocycles. The number of benzene rings is 3. The average Bonchev–Trinajstić information content (AvgIpc) is 2.87. The van der Waals surface area contributed by atoms with Crippen LogP contribution in [-0.2, 0) is 24.2 Å². The molecular weight excluding hydrogens is 414 g/mol. The lowest BCUT2D eigenvalue weighted by atomic mass is 9.99. The van der Waals surface area contributed by atoms with E-state index in [2.05, 4.69) is 17.1 Å². The predicted molar refractivity (Wildman–Crippen MR) is 128 cm³/mol. The SMILES string of the molecule is COc1ccc(-n2c(=O)c(CCC(=O)N3CCc4ccccc4C3)nc3ccccc32)cc1. The van der Waals surface area contributed by atoms with Gasteiger partial charge >= 0.3 is 0 Å². The minimum absolute atomic E-state index is 0.0508. The van der Waals surface area contributed by atoms with Crippen LogP contribution in [0.4, 0.5) is 0 Å². The number of hydrogen-bond acceptors (Lipinski definition) is 4. The molecule has 0 N–H and O–H groups in total. The van der Waals surface area contributed by atoms with Crippen LogP contribution in [0.15, 0.2) is 77.6 Å². The van der Waals surface area contributed by atoms with Gasteiger partial charge in [-0.25, -0.2) is 4.98 Å². The molecule has 0 saturated heterocycles. The number of carbonyl (C=O) groups excluding carboxylic acids is 1. The van der Waals surface area contributed by atoms with Crippen LogP contribution in [-0.4, -0.2) is 34.0 Å². The van der Waals surface area contributed by atoms with Crippen molar-refractivity contribution in [3.05, 3.63) is 100.0 Å². The highest BCUT2D eigenvalue weighted by Gasteiger charge is 2.21. The van der Waals surface area contributed by atoms with E-state index in [1.807, 2.05) is 65.6 Å². The van der Waals surface area contributed by atoms with E-state index < -0.39 is 0 Å². The van der Waals surface area contributed by atoms with Crippen LogP contribution in [0.2, 0.25) is 0 Å². The second-order valence-electron chi connectivity index (χ2n) is 8.22. The fourth-order valence-electron chi connectivity index (χ4n) is 4.42. The quantitative estimate of drug-likeness (QED) is 0.473. The topological polar surface area (TPSA) is 64.4 Å². The maximum absolute atomic E-state index is 13.4. The van der Waals surface area contributed by atoms with Gasteiger partial charge in [0.1, 0.15) is 11.4 Å². The molecule has 6 nitrogen and oxygen atoms in total. The Hall–Kier alpha value is -3.93. The molecule has 5 rings (SSSR count). The van der Waals surface area contributed by atoms with Gasteiger partial charge in [-0.05, 0) is 53.9 Å². The Morgan fingerprint density at radius 1 is 0.970 bits per heavy atom. The predicted octanol–water partition coefficient (Wildman–Crippen LogP) is 3.91. The molecule has 2 heterocycles. The minimum atomic E-state index is -0.198. The number of rotatable bonds is 5. The van der Waals surface area contributed by atoms with Crippen molar-refractivity contribution in [1.82, 2.24) is 14.5 Å². The molecule has 0 aliphatic carbocycles. The van der Waals surface area contributed by atoms with Crippen molar-refractivity contribution >= 4 is 16.9 Å². The lowest BCUT2D eigenvalue weighted by Gasteiger charge is -2.29. The highest BCUT2D eigenvalue weighted by molar-refractivity contribution is 5.78. The second-order valence-corrected chi connectivity index (χ2v) is 8.22. The number of aromatic nitrogens is 2. The standard InChI is InChI=1S/C27H25N3O3/c1-33-22-12-10-21(11-13-22)30-25-9-5-4-8-23(25)28-24(27(30)32)14-15-26(31)29-17-16-19-6-2-3-7-20(19)18-29/h2-13H,14-18H2,1H3. The molecule has 1 aromatic heterocycles. The highest BCUT2D eigenvalue weighted by atomic mass is 16.5. The first kappa shape index (κ1) is 20.9. The highest BCUT2D eigenvalue weighted by Crippen LogP contribution is 2.21. The molecule has 0 spiro atoms. The van der Waals surface area contributed by atoms with Crippen LogP contribution in [0, 0.1) is 0 Å². The van der Waals surface area contributed by atoms with Crippen molar-refractivity contribution in [2.75, 3.05) is 13.7 Å². The van der Waals surface area contributed by atoms with E-state index in [1.54, 1.807) is 11.7 Å². The average molecular weight is 440 g/mol. The summed E-state index contributed by atoms with van der Waals surface area (Å²) < 4.78 is 6.91. The van der Waals surface area contributed by atoms with Crippen molar-refractivity contribution in [2.24, 2.45) is 0 Å². The molecule has 1 aliphatic heterocycles. The Morgan fingerprint density at radius 2 is 1.70 bits per heavy atom. The zero-order valence-electron chi connectivity index (χ0n) is 18.5. The Balaban J connectivity index is 1.42. The molecule has 1 amide bonds. The Kier molecular flexibility index (Phi) is 5.65. The minimum Gasteiger partial charge on any atom is -0.497 e. The van der Waals surface area contributed by atoms with Crippen LogP contribution in [0.3, 0.4) is 0 Å². The van der Waals surface area contributed by atoms with Gasteiger partial charge in [-0.1, -0.05) is 36.4 Å². The van der Waals surface area contributed by atoms with Gasteiger partial charge in [-0.3, -0.25) is 14.2 Å². The summed E-state index contributed by atoms with van der Waals surface area (Å²) in [4.78, 5) is 32.9. The van der Waals surface area contributed by atoms with Gasteiger partial charge in [0.2, 0.25) is 5.91 Å². The molecule has 0 radical (unpaired) electrons. The molecule has 166 valence electrons. The smallest absolute Gasteiger partial charge is 0.277 e. The summed E-state index contributed by atoms with van der Waals surface area (Å²) in [6.45, 7) is 1.33. The molecule has 33 heavy (non-hydrogen) atoms. The third-order valence-corrected chi connectivity index (χ3v) is 6.22. The number of aryl methyl sites for hydroxylation is 1. The number of fused-ring (bicyclic) bond motifs is 2. The summed E-state index contributed by atoms with van der Waals surface area (Å²) >= 11 is 0. The molecule has 1 aliphatic rings. The maximum atomic E-state index is 13.4. The van der Waals surface area contributed by atoms with E-state index >= 15 is 0 Å². The van der Waals surface area contributed by atoms with E-state index in [0.717, 1.165) is 28.9 Å². The van der Waals surface area contributed by atoms with E-state index in [9.17, 15) is 9.59 Å². The summed E-state index contributed by atoms with van der Waals surface area (Å²) in [6, 6.07) is 23.2. The largest absolute Gasteiger partial charge is 0.497 e. The van der Waals surface area contributed by atoms with Crippen LogP contribution in [0.1, 0.15) is 23.2 Å². The second kappa shape index (κ2) is 8.90. The number of methoxy groups -OCH3 is 1. The first-order valence-electron chi connectivity index (χ1n) is 11.1. The zero-order chi connectivity index (χ0) is 22.8. The molecule has 6 heteroatoms. The van der Waals surface area contributed by atoms with Crippen LogP contribution < -0.4 is 10.3 Å². The number of hydrogen-bond donors (Lipinski definition) is 0. The first-order chi connectivity index (χ1) is 16.1.